The summed E-state index contributed by atoms with van der Waals surface area (Å²) < 4.78 is 4.91. The summed E-state index contributed by atoms with van der Waals surface area (Å²) in [5.41, 5.74) is 3.94. The van der Waals surface area contributed by atoms with E-state index in [2.05, 4.69) is 5.32 Å². The Morgan fingerprint density at radius 3 is 2.19 bits per heavy atom. The minimum Gasteiger partial charge on any atom is -0.394 e. The van der Waals surface area contributed by atoms with Crippen molar-refractivity contribution in [3.63, 3.8) is 0 Å². The first-order chi connectivity index (χ1) is 7.57. The van der Waals surface area contributed by atoms with Gasteiger partial charge in [0.15, 0.2) is 0 Å². The molecule has 96 valence electrons. The van der Waals surface area contributed by atoms with Crippen LogP contribution in [0.15, 0.2) is 0 Å². The summed E-state index contributed by atoms with van der Waals surface area (Å²) in [6.07, 6.45) is -0.414. The lowest BCUT2D eigenvalue weighted by atomic mass is 10.0. The number of methoxy groups -OCH3 is 1. The minimum absolute atomic E-state index is 0.00868. The number of aliphatic hydroxyl groups is 3. The Morgan fingerprint density at radius 1 is 1.38 bits per heavy atom. The van der Waals surface area contributed by atoms with Gasteiger partial charge in [0.2, 0.25) is 5.91 Å². The zero-order valence-electron chi connectivity index (χ0n) is 9.35. The van der Waals surface area contributed by atoms with Gasteiger partial charge < -0.3 is 31.1 Å². The van der Waals surface area contributed by atoms with E-state index in [0.717, 1.165) is 0 Å². The molecule has 7 heteroatoms. The molecule has 1 amide bonds. The SMILES string of the molecule is COC(CN)CC(=O)NC(CO)(CO)CO. The molecule has 0 aromatic rings. The number of aliphatic hydroxyl groups excluding tert-OH is 3. The van der Waals surface area contributed by atoms with Gasteiger partial charge in [-0.2, -0.15) is 0 Å². The fraction of sp³-hybridized carbons (Fsp3) is 0.889. The van der Waals surface area contributed by atoms with Crippen LogP contribution in [0.3, 0.4) is 0 Å². The van der Waals surface area contributed by atoms with Crippen molar-refractivity contribution in [1.29, 1.82) is 0 Å². The standard InChI is InChI=1S/C9H20N2O5/c1-16-7(3-10)2-8(15)11-9(4-12,5-13)6-14/h7,12-14H,2-6,10H2,1H3,(H,11,15). The van der Waals surface area contributed by atoms with Crippen molar-refractivity contribution in [3.05, 3.63) is 0 Å². The summed E-state index contributed by atoms with van der Waals surface area (Å²) in [6, 6.07) is 0. The van der Waals surface area contributed by atoms with E-state index in [1.807, 2.05) is 0 Å². The van der Waals surface area contributed by atoms with Gasteiger partial charge in [0, 0.05) is 13.7 Å². The molecule has 0 fully saturated rings. The monoisotopic (exact) mass is 236 g/mol. The summed E-state index contributed by atoms with van der Waals surface area (Å²) >= 11 is 0. The maximum atomic E-state index is 11.5. The average Bonchev–Trinajstić information content (AvgIpc) is 2.33. The number of hydrogen-bond acceptors (Lipinski definition) is 6. The van der Waals surface area contributed by atoms with Gasteiger partial charge in [-0.05, 0) is 0 Å². The van der Waals surface area contributed by atoms with Crippen molar-refractivity contribution in [2.45, 2.75) is 18.1 Å². The second-order valence-corrected chi connectivity index (χ2v) is 3.60. The van der Waals surface area contributed by atoms with Crippen molar-refractivity contribution in [2.75, 3.05) is 33.5 Å². The molecular weight excluding hydrogens is 216 g/mol. The van der Waals surface area contributed by atoms with Crippen LogP contribution in [0, 0.1) is 0 Å². The predicted octanol–water partition coefficient (Wildman–Crippen LogP) is -2.82. The van der Waals surface area contributed by atoms with Gasteiger partial charge in [0.05, 0.1) is 32.3 Å². The topological polar surface area (TPSA) is 125 Å². The molecule has 0 spiro atoms. The Kier molecular flexibility index (Phi) is 7.18. The van der Waals surface area contributed by atoms with E-state index in [9.17, 15) is 4.79 Å². The highest BCUT2D eigenvalue weighted by Gasteiger charge is 2.30. The first-order valence-electron chi connectivity index (χ1n) is 4.94. The molecule has 0 saturated carbocycles. The molecule has 0 aliphatic heterocycles. The number of carbonyl (C=O) groups excluding carboxylic acids is 1. The van der Waals surface area contributed by atoms with E-state index < -0.39 is 37.4 Å². The highest BCUT2D eigenvalue weighted by molar-refractivity contribution is 5.77. The molecule has 0 aliphatic carbocycles. The third-order valence-electron chi connectivity index (χ3n) is 2.32. The van der Waals surface area contributed by atoms with Crippen LogP contribution in [0.2, 0.25) is 0 Å². The lowest BCUT2D eigenvalue weighted by Crippen LogP contribution is -2.57. The van der Waals surface area contributed by atoms with Crippen LogP contribution in [0.25, 0.3) is 0 Å². The predicted molar refractivity (Wildman–Crippen MR) is 56.6 cm³/mol. The molecule has 0 bridgehead atoms. The maximum absolute atomic E-state index is 11.5. The lowest BCUT2D eigenvalue weighted by Gasteiger charge is -2.29. The molecule has 16 heavy (non-hydrogen) atoms. The zero-order chi connectivity index (χ0) is 12.6. The molecule has 0 radical (unpaired) electrons. The molecular formula is C9H20N2O5. The van der Waals surface area contributed by atoms with Gasteiger partial charge in [-0.15, -0.1) is 0 Å². The molecule has 0 heterocycles. The number of rotatable bonds is 8. The van der Waals surface area contributed by atoms with Crippen LogP contribution in [-0.4, -0.2) is 66.3 Å². The van der Waals surface area contributed by atoms with Crippen molar-refractivity contribution in [2.24, 2.45) is 5.73 Å². The third kappa shape index (κ3) is 4.42. The first kappa shape index (κ1) is 15.3. The quantitative estimate of drug-likeness (QED) is 0.309. The largest absolute Gasteiger partial charge is 0.394 e. The lowest BCUT2D eigenvalue weighted by molar-refractivity contribution is -0.127. The van der Waals surface area contributed by atoms with Gasteiger partial charge >= 0.3 is 0 Å². The summed E-state index contributed by atoms with van der Waals surface area (Å²) in [4.78, 5) is 11.5. The number of nitrogens with two attached hydrogens (primary N) is 1. The van der Waals surface area contributed by atoms with E-state index in [4.69, 9.17) is 25.8 Å². The highest BCUT2D eigenvalue weighted by Crippen LogP contribution is 2.04. The second-order valence-electron chi connectivity index (χ2n) is 3.60. The Labute approximate surface area is 94.2 Å². The van der Waals surface area contributed by atoms with Crippen LogP contribution < -0.4 is 11.1 Å². The minimum atomic E-state index is -1.40. The molecule has 7 nitrogen and oxygen atoms in total. The Balaban J connectivity index is 4.30. The number of ether oxygens (including phenoxy) is 1. The molecule has 0 rings (SSSR count). The van der Waals surface area contributed by atoms with Crippen LogP contribution in [0.5, 0.6) is 0 Å². The first-order valence-corrected chi connectivity index (χ1v) is 4.94. The third-order valence-corrected chi connectivity index (χ3v) is 2.32. The fourth-order valence-electron chi connectivity index (χ4n) is 1.09. The van der Waals surface area contributed by atoms with Crippen LogP contribution in [-0.2, 0) is 9.53 Å². The second kappa shape index (κ2) is 7.53. The van der Waals surface area contributed by atoms with Gasteiger partial charge in [-0.1, -0.05) is 0 Å². The van der Waals surface area contributed by atoms with Gasteiger partial charge in [0.1, 0.15) is 5.54 Å². The van der Waals surface area contributed by atoms with E-state index in [1.165, 1.54) is 7.11 Å². The number of amides is 1. The molecule has 0 aromatic carbocycles. The molecule has 0 aliphatic rings. The fourth-order valence-corrected chi connectivity index (χ4v) is 1.09. The van der Waals surface area contributed by atoms with Crippen molar-refractivity contribution in [3.8, 4) is 0 Å². The zero-order valence-corrected chi connectivity index (χ0v) is 9.35. The van der Waals surface area contributed by atoms with Gasteiger partial charge in [-0.25, -0.2) is 0 Å². The molecule has 0 saturated heterocycles. The Hall–Kier alpha value is -0.730. The smallest absolute Gasteiger partial charge is 0.223 e. The summed E-state index contributed by atoms with van der Waals surface area (Å²) in [6.45, 7) is -1.46. The van der Waals surface area contributed by atoms with Crippen LogP contribution in [0.4, 0.5) is 0 Å². The van der Waals surface area contributed by atoms with Crippen molar-refractivity contribution >= 4 is 5.91 Å². The summed E-state index contributed by atoms with van der Waals surface area (Å²) in [5, 5.41) is 29.3. The number of nitrogens with one attached hydrogen (secondary N) is 1. The van der Waals surface area contributed by atoms with E-state index in [-0.39, 0.29) is 13.0 Å². The Bertz CT molecular complexity index is 196. The van der Waals surface area contributed by atoms with Gasteiger partial charge in [-0.3, -0.25) is 4.79 Å². The van der Waals surface area contributed by atoms with E-state index in [1.54, 1.807) is 0 Å². The van der Waals surface area contributed by atoms with Crippen molar-refractivity contribution in [1.82, 2.24) is 5.32 Å². The van der Waals surface area contributed by atoms with Gasteiger partial charge in [0.25, 0.3) is 0 Å². The highest BCUT2D eigenvalue weighted by atomic mass is 16.5. The van der Waals surface area contributed by atoms with E-state index in [0.29, 0.717) is 0 Å². The number of hydrogen-bond donors (Lipinski definition) is 5. The Morgan fingerprint density at radius 2 is 1.88 bits per heavy atom. The molecule has 1 atom stereocenters. The van der Waals surface area contributed by atoms with Crippen molar-refractivity contribution < 1.29 is 24.9 Å². The summed E-state index contributed by atoms with van der Waals surface area (Å²) in [7, 11) is 1.43. The number of carbonyl (C=O) groups is 1. The van der Waals surface area contributed by atoms with Crippen LogP contribution >= 0.6 is 0 Å². The summed E-state index contributed by atoms with van der Waals surface area (Å²) in [5.74, 6) is -0.450. The van der Waals surface area contributed by atoms with E-state index >= 15 is 0 Å². The molecule has 0 aromatic heterocycles. The normalized spacial score (nSPS) is 13.6. The maximum Gasteiger partial charge on any atom is 0.223 e. The molecule has 1 unspecified atom stereocenters. The average molecular weight is 236 g/mol. The van der Waals surface area contributed by atoms with Crippen LogP contribution in [0.1, 0.15) is 6.42 Å². The molecule has 6 N–H and O–H groups in total.